The Hall–Kier alpha value is -1.93. The quantitative estimate of drug-likeness (QED) is 0.591. The topological polar surface area (TPSA) is 61.8 Å². The Morgan fingerprint density at radius 1 is 0.920 bits per heavy atom. The molecule has 0 saturated carbocycles. The van der Waals surface area contributed by atoms with E-state index in [1.54, 1.807) is 7.11 Å². The van der Waals surface area contributed by atoms with Crippen molar-refractivity contribution in [3.63, 3.8) is 0 Å². The van der Waals surface area contributed by atoms with Crippen molar-refractivity contribution < 1.29 is 20.5 Å². The predicted octanol–water partition coefficient (Wildman–Crippen LogP) is 4.69. The number of hydrogen-bond acceptors (Lipinski definition) is 5. The van der Waals surface area contributed by atoms with E-state index in [-0.39, 0.29) is 6.10 Å². The van der Waals surface area contributed by atoms with Gasteiger partial charge in [0.1, 0.15) is 0 Å². The van der Waals surface area contributed by atoms with E-state index in [1.807, 2.05) is 55.5 Å². The van der Waals surface area contributed by atoms with Crippen LogP contribution < -0.4 is 0 Å². The first-order valence-electron chi connectivity index (χ1n) is 7.73. The summed E-state index contributed by atoms with van der Waals surface area (Å²) in [4.78, 5) is 23.2. The Morgan fingerprint density at radius 2 is 1.52 bits per heavy atom. The minimum absolute atomic E-state index is 0.232. The van der Waals surface area contributed by atoms with E-state index in [4.69, 9.17) is 10.9 Å². The van der Waals surface area contributed by atoms with Crippen LogP contribution in [0, 0.1) is 3.57 Å². The summed E-state index contributed by atoms with van der Waals surface area (Å²) in [5.41, 5.74) is 2.70. The van der Waals surface area contributed by atoms with E-state index in [0.717, 1.165) is 20.3 Å². The summed E-state index contributed by atoms with van der Waals surface area (Å²) in [5, 5.41) is 0. The third-order valence-electron chi connectivity index (χ3n) is 3.42. The molecule has 1 atom stereocenters. The van der Waals surface area contributed by atoms with Gasteiger partial charge in [-0.3, -0.25) is 0 Å². The molecule has 0 aliphatic carbocycles. The second-order valence-corrected chi connectivity index (χ2v) is 8.51. The first-order valence-corrected chi connectivity index (χ1v) is 10.6. The van der Waals surface area contributed by atoms with Crippen molar-refractivity contribution in [2.24, 2.45) is 0 Å². The molecule has 0 radical (unpaired) electrons. The monoisotopic (exact) mass is 456 g/mol. The first-order chi connectivity index (χ1) is 11.9. The van der Waals surface area contributed by atoms with Crippen molar-refractivity contribution in [3.05, 3.63) is 57.7 Å². The molecule has 6 heteroatoms. The molecule has 2 rings (SSSR count). The van der Waals surface area contributed by atoms with Crippen LogP contribution in [0.15, 0.2) is 48.5 Å². The van der Waals surface area contributed by atoms with Gasteiger partial charge in [0.25, 0.3) is 0 Å². The van der Waals surface area contributed by atoms with Crippen LogP contribution >= 0.6 is 20.6 Å². The van der Waals surface area contributed by atoms with Gasteiger partial charge in [-0.15, -0.1) is 0 Å². The summed E-state index contributed by atoms with van der Waals surface area (Å²) in [7, 11) is 1.61. The fraction of sp³-hybridized carbons (Fsp3) is 0.263. The second-order valence-electron chi connectivity index (χ2n) is 5.31. The summed E-state index contributed by atoms with van der Waals surface area (Å²) in [6.07, 6.45) is -0.232. The van der Waals surface area contributed by atoms with E-state index < -0.39 is 32.6 Å². The van der Waals surface area contributed by atoms with Gasteiger partial charge in [0, 0.05) is 0 Å². The number of carbonyl (C=O) groups is 2. The van der Waals surface area contributed by atoms with E-state index in [9.17, 15) is 9.59 Å². The van der Waals surface area contributed by atoms with Crippen LogP contribution in [-0.4, -0.2) is 19.0 Å². The van der Waals surface area contributed by atoms with Crippen molar-refractivity contribution in [3.8, 4) is 11.1 Å². The molecule has 0 amide bonds. The number of carbonyl (C=O) groups excluding carboxylic acids is 2. The summed E-state index contributed by atoms with van der Waals surface area (Å²) in [6, 6.07) is 15.5. The maximum atomic E-state index is 11.6. The molecule has 5 nitrogen and oxygen atoms in total. The fourth-order valence-corrected chi connectivity index (χ4v) is 6.04. The predicted molar refractivity (Wildman–Crippen MR) is 104 cm³/mol. The molecule has 0 bridgehead atoms. The number of halogens is 1. The Balaban J connectivity index is 2.68. The average molecular weight is 456 g/mol. The van der Waals surface area contributed by atoms with Gasteiger partial charge in [-0.1, -0.05) is 0 Å². The van der Waals surface area contributed by atoms with Crippen molar-refractivity contribution >= 4 is 32.6 Å². The van der Waals surface area contributed by atoms with Crippen molar-refractivity contribution in [1.29, 1.82) is 0 Å². The molecule has 0 N–H and O–H groups in total. The number of methoxy groups -OCH3 is 1. The molecular weight excluding hydrogens is 435 g/mol. The molecule has 0 heterocycles. The zero-order valence-corrected chi connectivity index (χ0v) is 16.8. The SMILES string of the molecule is CO[C@@H](C)c1cccc(-c2ccccc2)c1I(OC(C)=O)OC(C)=O. The summed E-state index contributed by atoms with van der Waals surface area (Å²) in [6.45, 7) is 4.54. The summed E-state index contributed by atoms with van der Waals surface area (Å²) < 4.78 is 17.2. The van der Waals surface area contributed by atoms with Crippen molar-refractivity contribution in [2.75, 3.05) is 7.11 Å². The molecule has 2 aromatic carbocycles. The average Bonchev–Trinajstić information content (AvgIpc) is 2.59. The van der Waals surface area contributed by atoms with E-state index in [2.05, 4.69) is 0 Å². The molecule has 0 spiro atoms. The fourth-order valence-electron chi connectivity index (χ4n) is 2.29. The first kappa shape index (κ1) is 19.4. The van der Waals surface area contributed by atoms with Crippen molar-refractivity contribution in [1.82, 2.24) is 0 Å². The normalized spacial score (nSPS) is 12.2. The molecule has 0 aromatic heterocycles. The minimum atomic E-state index is -3.02. The van der Waals surface area contributed by atoms with Gasteiger partial charge in [-0.05, 0) is 0 Å². The molecule has 134 valence electrons. The van der Waals surface area contributed by atoms with E-state index in [0.29, 0.717) is 0 Å². The molecule has 0 aliphatic heterocycles. The van der Waals surface area contributed by atoms with Gasteiger partial charge in [0.2, 0.25) is 0 Å². The number of benzene rings is 2. The van der Waals surface area contributed by atoms with Crippen LogP contribution in [-0.2, 0) is 20.5 Å². The summed E-state index contributed by atoms with van der Waals surface area (Å²) in [5.74, 6) is -0.935. The Kier molecular flexibility index (Phi) is 6.95. The van der Waals surface area contributed by atoms with Crippen LogP contribution in [0.2, 0.25) is 0 Å². The standard InChI is InChI=1S/C19H21IO5/c1-13(23-4)17-11-8-12-18(16-9-6-5-7-10-16)19(17)20(24-14(2)21)25-15(3)22/h5-13H,1-4H3/t13-/m0/s1. The molecule has 2 aromatic rings. The van der Waals surface area contributed by atoms with Gasteiger partial charge in [-0.25, -0.2) is 0 Å². The Bertz CT molecular complexity index is 729. The number of rotatable bonds is 6. The van der Waals surface area contributed by atoms with Crippen LogP contribution in [0.1, 0.15) is 32.4 Å². The number of ether oxygens (including phenoxy) is 1. The van der Waals surface area contributed by atoms with Crippen molar-refractivity contribution in [2.45, 2.75) is 26.9 Å². The van der Waals surface area contributed by atoms with Crippen LogP contribution in [0.25, 0.3) is 11.1 Å². The van der Waals surface area contributed by atoms with Gasteiger partial charge < -0.3 is 0 Å². The summed E-state index contributed by atoms with van der Waals surface area (Å²) >= 11 is -3.02. The molecule has 25 heavy (non-hydrogen) atoms. The van der Waals surface area contributed by atoms with E-state index >= 15 is 0 Å². The van der Waals surface area contributed by atoms with E-state index in [1.165, 1.54) is 13.8 Å². The van der Waals surface area contributed by atoms with Gasteiger partial charge in [0.05, 0.1) is 0 Å². The molecular formula is C19H21IO5. The van der Waals surface area contributed by atoms with Gasteiger partial charge >= 0.3 is 156 Å². The maximum absolute atomic E-state index is 11.6. The number of hydrogen-bond donors (Lipinski definition) is 0. The second kappa shape index (κ2) is 8.96. The Labute approximate surface area is 155 Å². The van der Waals surface area contributed by atoms with Crippen LogP contribution in [0.5, 0.6) is 0 Å². The molecule has 0 fully saturated rings. The van der Waals surface area contributed by atoms with Crippen LogP contribution in [0.3, 0.4) is 0 Å². The molecule has 0 aliphatic rings. The van der Waals surface area contributed by atoms with Gasteiger partial charge in [0.15, 0.2) is 0 Å². The van der Waals surface area contributed by atoms with Crippen LogP contribution in [0.4, 0.5) is 0 Å². The molecule has 0 saturated heterocycles. The molecule has 0 unspecified atom stereocenters. The zero-order chi connectivity index (χ0) is 18.4. The third kappa shape index (κ3) is 5.02. The third-order valence-corrected chi connectivity index (χ3v) is 7.54. The zero-order valence-electron chi connectivity index (χ0n) is 14.6. The Morgan fingerprint density at radius 3 is 2.04 bits per heavy atom. The van der Waals surface area contributed by atoms with Gasteiger partial charge in [-0.2, -0.15) is 0 Å².